The third-order valence-electron chi connectivity index (χ3n) is 5.27. The highest BCUT2D eigenvalue weighted by Crippen LogP contribution is 2.25. The van der Waals surface area contributed by atoms with Crippen molar-refractivity contribution in [2.45, 2.75) is 46.1 Å². The summed E-state index contributed by atoms with van der Waals surface area (Å²) in [6.45, 7) is 6.98. The van der Waals surface area contributed by atoms with E-state index in [9.17, 15) is 9.59 Å². The van der Waals surface area contributed by atoms with Gasteiger partial charge in [-0.25, -0.2) is 9.78 Å². The molecule has 148 valence electrons. The van der Waals surface area contributed by atoms with Gasteiger partial charge >= 0.3 is 5.69 Å². The molecule has 2 aliphatic heterocycles. The number of hydrogen-bond acceptors (Lipinski definition) is 4. The molecule has 1 N–H and O–H groups in total. The van der Waals surface area contributed by atoms with E-state index < -0.39 is 11.2 Å². The van der Waals surface area contributed by atoms with Crippen molar-refractivity contribution in [2.75, 3.05) is 0 Å². The van der Waals surface area contributed by atoms with E-state index in [0.29, 0.717) is 18.3 Å². The van der Waals surface area contributed by atoms with Crippen molar-refractivity contribution in [3.63, 3.8) is 0 Å². The quantitative estimate of drug-likeness (QED) is 0.529. The summed E-state index contributed by atoms with van der Waals surface area (Å²) in [5.41, 5.74) is 4.35. The summed E-state index contributed by atoms with van der Waals surface area (Å²) in [5.74, 6) is 0.703. The summed E-state index contributed by atoms with van der Waals surface area (Å²) in [6, 6.07) is 14.6. The van der Waals surface area contributed by atoms with E-state index >= 15 is 0 Å². The van der Waals surface area contributed by atoms with Crippen LogP contribution >= 0.6 is 0 Å². The minimum atomic E-state index is -0.643. The first-order valence-electron chi connectivity index (χ1n) is 9.92. The maximum Gasteiger partial charge on any atom is 0.349 e. The smallest absolute Gasteiger partial charge is 0.322 e. The molecule has 0 bridgehead atoms. The van der Waals surface area contributed by atoms with Crippen molar-refractivity contribution >= 4 is 11.0 Å². The van der Waals surface area contributed by atoms with Crippen LogP contribution < -0.4 is 11.2 Å². The summed E-state index contributed by atoms with van der Waals surface area (Å²) in [7, 11) is 0. The number of aromatic amines is 1. The van der Waals surface area contributed by atoms with Gasteiger partial charge in [0.25, 0.3) is 5.56 Å². The fourth-order valence-electron chi connectivity index (χ4n) is 3.59. The van der Waals surface area contributed by atoms with Gasteiger partial charge in [0.2, 0.25) is 0 Å². The van der Waals surface area contributed by atoms with Crippen LogP contribution in [0.25, 0.3) is 22.6 Å². The number of aryl methyl sites for hydroxylation is 3. The predicted molar refractivity (Wildman–Crippen MR) is 115 cm³/mol. The van der Waals surface area contributed by atoms with Crippen LogP contribution in [0.15, 0.2) is 52.1 Å². The van der Waals surface area contributed by atoms with Crippen LogP contribution in [0.1, 0.15) is 42.9 Å². The third-order valence-corrected chi connectivity index (χ3v) is 5.27. The first-order chi connectivity index (χ1) is 13.9. The van der Waals surface area contributed by atoms with E-state index in [1.165, 1.54) is 16.7 Å². The minimum absolute atomic E-state index is 0.199. The highest BCUT2D eigenvalue weighted by atomic mass is 16.2. The normalized spacial score (nSPS) is 11.6. The molecule has 2 aromatic carbocycles. The molecule has 0 aliphatic carbocycles. The third kappa shape index (κ3) is 3.83. The van der Waals surface area contributed by atoms with Crippen molar-refractivity contribution in [1.82, 2.24) is 19.5 Å². The molecule has 0 spiro atoms. The zero-order chi connectivity index (χ0) is 20.5. The highest BCUT2D eigenvalue weighted by molar-refractivity contribution is 5.80. The molecule has 2 aromatic rings. The van der Waals surface area contributed by atoms with Crippen LogP contribution in [0.3, 0.4) is 0 Å². The maximum absolute atomic E-state index is 12.3. The number of benzene rings is 2. The van der Waals surface area contributed by atoms with Crippen molar-refractivity contribution in [3.05, 3.63) is 80.0 Å². The molecule has 0 saturated carbocycles. The highest BCUT2D eigenvalue weighted by Gasteiger charge is 2.19. The average Bonchev–Trinajstić information content (AvgIpc) is 2.69. The van der Waals surface area contributed by atoms with Crippen LogP contribution in [-0.4, -0.2) is 19.5 Å². The molecule has 4 rings (SSSR count). The van der Waals surface area contributed by atoms with Gasteiger partial charge in [-0.05, 0) is 48.9 Å². The molecule has 29 heavy (non-hydrogen) atoms. The second kappa shape index (κ2) is 7.62. The van der Waals surface area contributed by atoms with Crippen LogP contribution in [0.4, 0.5) is 0 Å². The fourth-order valence-corrected chi connectivity index (χ4v) is 3.59. The van der Waals surface area contributed by atoms with Crippen molar-refractivity contribution in [3.8, 4) is 11.5 Å². The lowest BCUT2D eigenvalue weighted by molar-refractivity contribution is 0.648. The molecule has 6 heteroatoms. The van der Waals surface area contributed by atoms with Crippen molar-refractivity contribution in [1.29, 1.82) is 0 Å². The van der Waals surface area contributed by atoms with E-state index in [-0.39, 0.29) is 5.69 Å². The number of H-pyrrole nitrogens is 1. The van der Waals surface area contributed by atoms with E-state index in [4.69, 9.17) is 0 Å². The molecule has 2 aliphatic rings. The van der Waals surface area contributed by atoms with Gasteiger partial charge in [-0.15, -0.1) is 0 Å². The number of nitrogens with zero attached hydrogens (tertiary/aromatic N) is 3. The monoisotopic (exact) mass is 388 g/mol. The van der Waals surface area contributed by atoms with E-state index in [1.807, 2.05) is 16.7 Å². The Bertz CT molecular complexity index is 1250. The molecule has 0 aromatic heterocycles. The number of nitrogens with one attached hydrogen (secondary N) is 1. The zero-order valence-corrected chi connectivity index (χ0v) is 16.9. The standard InChI is InChI=1S/C23H24N4O2/c1-14(2)17-10-11-18-19(13-17)27(12-4-5-16-8-6-15(3)7-9-16)21-20(24-18)22(28)26-23(29)25-21/h6-11,13-14H,4-5,12H2,1-3H3,(H,26,28,29). The molecule has 0 amide bonds. The summed E-state index contributed by atoms with van der Waals surface area (Å²) < 4.78 is 1.97. The molecule has 0 saturated heterocycles. The molecule has 0 unspecified atom stereocenters. The number of rotatable bonds is 5. The van der Waals surface area contributed by atoms with E-state index in [2.05, 4.69) is 66.1 Å². The Morgan fingerprint density at radius 3 is 2.52 bits per heavy atom. The van der Waals surface area contributed by atoms with E-state index in [1.54, 1.807) is 0 Å². The number of aromatic nitrogens is 4. The lowest BCUT2D eigenvalue weighted by Gasteiger charge is -2.18. The first-order valence-corrected chi connectivity index (χ1v) is 9.92. The minimum Gasteiger partial charge on any atom is -0.322 e. The van der Waals surface area contributed by atoms with Crippen LogP contribution in [-0.2, 0) is 13.0 Å². The molecule has 2 heterocycles. The van der Waals surface area contributed by atoms with Gasteiger partial charge in [-0.3, -0.25) is 9.78 Å². The van der Waals surface area contributed by atoms with Gasteiger partial charge in [0, 0.05) is 6.54 Å². The summed E-state index contributed by atoms with van der Waals surface area (Å²) in [4.78, 5) is 35.0. The van der Waals surface area contributed by atoms with Crippen molar-refractivity contribution < 1.29 is 0 Å². The van der Waals surface area contributed by atoms with Gasteiger partial charge in [0.15, 0.2) is 11.5 Å². The number of hydrogen-bond donors (Lipinski definition) is 1. The second-order valence-electron chi connectivity index (χ2n) is 7.80. The molecular formula is C23H24N4O2. The summed E-state index contributed by atoms with van der Waals surface area (Å²) in [6.07, 6.45) is 1.76. The lowest BCUT2D eigenvalue weighted by Crippen LogP contribution is -2.29. The Kier molecular flexibility index (Phi) is 5.01. The molecule has 6 nitrogen and oxygen atoms in total. The Balaban J connectivity index is 1.80. The molecule has 0 fully saturated rings. The van der Waals surface area contributed by atoms with Gasteiger partial charge in [0.05, 0.1) is 11.0 Å². The topological polar surface area (TPSA) is 80.6 Å². The van der Waals surface area contributed by atoms with Gasteiger partial charge in [-0.2, -0.15) is 4.98 Å². The lowest BCUT2D eigenvalue weighted by atomic mass is 10.0. The maximum atomic E-state index is 12.3. The average molecular weight is 388 g/mol. The van der Waals surface area contributed by atoms with E-state index in [0.717, 1.165) is 23.9 Å². The Labute approximate surface area is 168 Å². The Morgan fingerprint density at radius 2 is 1.79 bits per heavy atom. The van der Waals surface area contributed by atoms with Gasteiger partial charge < -0.3 is 4.57 Å². The summed E-state index contributed by atoms with van der Waals surface area (Å²) in [5, 5.41) is 0. The van der Waals surface area contributed by atoms with Gasteiger partial charge in [-0.1, -0.05) is 49.7 Å². The van der Waals surface area contributed by atoms with Crippen LogP contribution in [0.5, 0.6) is 0 Å². The van der Waals surface area contributed by atoms with Crippen molar-refractivity contribution in [2.24, 2.45) is 0 Å². The Morgan fingerprint density at radius 1 is 1.03 bits per heavy atom. The fraction of sp³-hybridized carbons (Fsp3) is 0.304. The largest absolute Gasteiger partial charge is 0.349 e. The number of fused-ring (bicyclic) bond motifs is 2. The zero-order valence-electron chi connectivity index (χ0n) is 16.9. The first kappa shape index (κ1) is 19.1. The predicted octanol–water partition coefficient (Wildman–Crippen LogP) is 3.65. The Hall–Kier alpha value is -3.28. The van der Waals surface area contributed by atoms with Gasteiger partial charge in [0.1, 0.15) is 0 Å². The second-order valence-corrected chi connectivity index (χ2v) is 7.80. The SMILES string of the molecule is Cc1ccc(CCCn2c3nc(=O)[nH]c(=O)c-3nc3ccc(C(C)C)cc32)cc1. The van der Waals surface area contributed by atoms with Crippen LogP contribution in [0, 0.1) is 6.92 Å². The summed E-state index contributed by atoms with van der Waals surface area (Å²) >= 11 is 0. The van der Waals surface area contributed by atoms with Crippen LogP contribution in [0.2, 0.25) is 0 Å². The molecule has 0 radical (unpaired) electrons. The molecule has 0 atom stereocenters. The molecular weight excluding hydrogens is 364 g/mol.